The lowest BCUT2D eigenvalue weighted by atomic mass is 10.1. The fourth-order valence-corrected chi connectivity index (χ4v) is 1.73. The summed E-state index contributed by atoms with van der Waals surface area (Å²) >= 11 is 0. The fraction of sp³-hybridized carbons (Fsp3) is 0.889. The van der Waals surface area contributed by atoms with E-state index in [0.717, 1.165) is 25.3 Å². The van der Waals surface area contributed by atoms with Crippen molar-refractivity contribution in [2.75, 3.05) is 6.61 Å². The lowest BCUT2D eigenvalue weighted by Crippen LogP contribution is -2.15. The summed E-state index contributed by atoms with van der Waals surface area (Å²) in [5.41, 5.74) is 5.73. The molecule has 0 aromatic rings. The van der Waals surface area contributed by atoms with Gasteiger partial charge in [-0.25, -0.2) is 0 Å². The van der Waals surface area contributed by atoms with Gasteiger partial charge in [0.1, 0.15) is 0 Å². The minimum Gasteiger partial charge on any atom is -0.387 e. The predicted octanol–water partition coefficient (Wildman–Crippen LogP) is 1.08. The second kappa shape index (κ2) is 3.44. The largest absolute Gasteiger partial charge is 0.387 e. The highest BCUT2D eigenvalue weighted by Gasteiger charge is 2.26. The Bertz CT molecular complexity index is 187. The van der Waals surface area contributed by atoms with Crippen molar-refractivity contribution < 1.29 is 4.74 Å². The third-order valence-corrected chi connectivity index (χ3v) is 2.51. The number of hydrogen-bond donors (Lipinski definition) is 1. The van der Waals surface area contributed by atoms with E-state index in [4.69, 9.17) is 10.5 Å². The molecule has 3 nitrogen and oxygen atoms in total. The molecule has 1 saturated heterocycles. The van der Waals surface area contributed by atoms with E-state index >= 15 is 0 Å². The normalized spacial score (nSPS) is 35.5. The first-order valence-electron chi connectivity index (χ1n) is 4.78. The molecule has 2 aliphatic heterocycles. The van der Waals surface area contributed by atoms with E-state index in [0.29, 0.717) is 12.1 Å². The molecule has 0 radical (unpaired) electrons. The quantitative estimate of drug-likeness (QED) is 0.627. The van der Waals surface area contributed by atoms with Crippen LogP contribution in [0.2, 0.25) is 0 Å². The van der Waals surface area contributed by atoms with Gasteiger partial charge in [-0.1, -0.05) is 6.42 Å². The second-order valence-corrected chi connectivity index (χ2v) is 3.71. The zero-order valence-electron chi connectivity index (χ0n) is 7.33. The molecular weight excluding hydrogens is 152 g/mol. The first-order valence-corrected chi connectivity index (χ1v) is 4.78. The van der Waals surface area contributed by atoms with Gasteiger partial charge in [0.15, 0.2) is 0 Å². The summed E-state index contributed by atoms with van der Waals surface area (Å²) in [6, 6.07) is 0.444. The lowest BCUT2D eigenvalue weighted by Gasteiger charge is -2.07. The van der Waals surface area contributed by atoms with Crippen LogP contribution in [0.4, 0.5) is 0 Å². The number of epoxide rings is 1. The summed E-state index contributed by atoms with van der Waals surface area (Å²) in [5.74, 6) is 0.846. The number of aliphatic imine (C=N–C) groups is 1. The molecule has 1 fully saturated rings. The maximum absolute atomic E-state index is 5.73. The summed E-state index contributed by atoms with van der Waals surface area (Å²) < 4.78 is 5.18. The van der Waals surface area contributed by atoms with Crippen molar-refractivity contribution in [2.45, 2.75) is 44.2 Å². The van der Waals surface area contributed by atoms with Crippen molar-refractivity contribution >= 4 is 5.84 Å². The van der Waals surface area contributed by atoms with E-state index in [1.54, 1.807) is 0 Å². The Kier molecular flexibility index (Phi) is 2.30. The minimum atomic E-state index is 0.444. The molecule has 2 N–H and O–H groups in total. The summed E-state index contributed by atoms with van der Waals surface area (Å²) in [6.45, 7) is 0.936. The van der Waals surface area contributed by atoms with Gasteiger partial charge in [-0.05, 0) is 19.3 Å². The van der Waals surface area contributed by atoms with E-state index in [1.165, 1.54) is 19.3 Å². The second-order valence-electron chi connectivity index (χ2n) is 3.71. The van der Waals surface area contributed by atoms with Crippen LogP contribution < -0.4 is 5.73 Å². The monoisotopic (exact) mass is 168 g/mol. The molecule has 2 heterocycles. The Balaban J connectivity index is 1.88. The molecule has 2 aliphatic rings. The smallest absolute Gasteiger partial charge is 0.0940 e. The predicted molar refractivity (Wildman–Crippen MR) is 48.2 cm³/mol. The topological polar surface area (TPSA) is 50.9 Å². The minimum absolute atomic E-state index is 0.444. The highest BCUT2D eigenvalue weighted by molar-refractivity contribution is 5.80. The Morgan fingerprint density at radius 2 is 2.33 bits per heavy atom. The van der Waals surface area contributed by atoms with Gasteiger partial charge in [0, 0.05) is 6.42 Å². The van der Waals surface area contributed by atoms with E-state index in [9.17, 15) is 0 Å². The van der Waals surface area contributed by atoms with Crippen LogP contribution in [0.25, 0.3) is 0 Å². The first kappa shape index (κ1) is 8.05. The Hall–Kier alpha value is -0.570. The zero-order chi connectivity index (χ0) is 8.39. The molecule has 0 aliphatic carbocycles. The van der Waals surface area contributed by atoms with Gasteiger partial charge in [0.05, 0.1) is 24.6 Å². The van der Waals surface area contributed by atoms with Gasteiger partial charge in [-0.15, -0.1) is 0 Å². The van der Waals surface area contributed by atoms with Gasteiger partial charge in [0.2, 0.25) is 0 Å². The molecular formula is C9H16N2O. The van der Waals surface area contributed by atoms with Gasteiger partial charge >= 0.3 is 0 Å². The van der Waals surface area contributed by atoms with Crippen LogP contribution in [0.3, 0.4) is 0 Å². The van der Waals surface area contributed by atoms with Crippen molar-refractivity contribution in [2.24, 2.45) is 10.7 Å². The zero-order valence-corrected chi connectivity index (χ0v) is 7.33. The van der Waals surface area contributed by atoms with E-state index in [2.05, 4.69) is 4.99 Å². The van der Waals surface area contributed by atoms with Gasteiger partial charge < -0.3 is 10.5 Å². The Labute approximate surface area is 73.0 Å². The standard InChI is InChI=1S/C9H16N2O/c10-9-4-2-1-3-7(11-9)5-8-6-12-8/h7-8H,1-6H2,(H2,10,11). The average Bonchev–Trinajstić information content (AvgIpc) is 2.80. The van der Waals surface area contributed by atoms with Crippen molar-refractivity contribution in [1.82, 2.24) is 0 Å². The molecule has 2 rings (SSSR count). The van der Waals surface area contributed by atoms with Crippen molar-refractivity contribution in [3.05, 3.63) is 0 Å². The average molecular weight is 168 g/mol. The molecule has 0 aromatic heterocycles. The SMILES string of the molecule is NC1=NC(CC2CO2)CCCC1. The van der Waals surface area contributed by atoms with Crippen molar-refractivity contribution in [1.29, 1.82) is 0 Å². The maximum Gasteiger partial charge on any atom is 0.0940 e. The van der Waals surface area contributed by atoms with Crippen LogP contribution in [0, 0.1) is 0 Å². The number of nitrogens with zero attached hydrogens (tertiary/aromatic N) is 1. The molecule has 0 bridgehead atoms. The van der Waals surface area contributed by atoms with Gasteiger partial charge in [0.25, 0.3) is 0 Å². The number of rotatable bonds is 2. The molecule has 0 saturated carbocycles. The van der Waals surface area contributed by atoms with Crippen LogP contribution in [-0.2, 0) is 4.74 Å². The number of nitrogens with two attached hydrogens (primary N) is 1. The van der Waals surface area contributed by atoms with Crippen molar-refractivity contribution in [3.63, 3.8) is 0 Å². The van der Waals surface area contributed by atoms with Crippen LogP contribution in [0.1, 0.15) is 32.1 Å². The molecule has 2 atom stereocenters. The fourth-order valence-electron chi connectivity index (χ4n) is 1.73. The van der Waals surface area contributed by atoms with Crippen LogP contribution in [0.15, 0.2) is 4.99 Å². The van der Waals surface area contributed by atoms with Crippen LogP contribution in [0.5, 0.6) is 0 Å². The van der Waals surface area contributed by atoms with Crippen LogP contribution in [-0.4, -0.2) is 24.6 Å². The third kappa shape index (κ3) is 2.21. The summed E-state index contributed by atoms with van der Waals surface area (Å²) in [5, 5.41) is 0. The summed E-state index contributed by atoms with van der Waals surface area (Å²) in [6.07, 6.45) is 6.23. The number of ether oxygens (including phenoxy) is 1. The van der Waals surface area contributed by atoms with Crippen molar-refractivity contribution in [3.8, 4) is 0 Å². The van der Waals surface area contributed by atoms with E-state index in [-0.39, 0.29) is 0 Å². The number of hydrogen-bond acceptors (Lipinski definition) is 3. The Morgan fingerprint density at radius 3 is 3.08 bits per heavy atom. The molecule has 3 heteroatoms. The lowest BCUT2D eigenvalue weighted by molar-refractivity contribution is 0.374. The maximum atomic E-state index is 5.73. The third-order valence-electron chi connectivity index (χ3n) is 2.51. The molecule has 12 heavy (non-hydrogen) atoms. The van der Waals surface area contributed by atoms with Gasteiger partial charge in [-0.2, -0.15) is 0 Å². The molecule has 68 valence electrons. The summed E-state index contributed by atoms with van der Waals surface area (Å²) in [7, 11) is 0. The van der Waals surface area contributed by atoms with Gasteiger partial charge in [-0.3, -0.25) is 4.99 Å². The first-order chi connectivity index (χ1) is 5.84. The van der Waals surface area contributed by atoms with Crippen LogP contribution >= 0.6 is 0 Å². The molecule has 0 aromatic carbocycles. The molecule has 0 amide bonds. The summed E-state index contributed by atoms with van der Waals surface area (Å²) in [4.78, 5) is 4.47. The highest BCUT2D eigenvalue weighted by Crippen LogP contribution is 2.22. The number of amidine groups is 1. The molecule has 2 unspecified atom stereocenters. The highest BCUT2D eigenvalue weighted by atomic mass is 16.6. The van der Waals surface area contributed by atoms with E-state index < -0.39 is 0 Å². The Morgan fingerprint density at radius 1 is 1.50 bits per heavy atom. The molecule has 0 spiro atoms. The van der Waals surface area contributed by atoms with E-state index in [1.807, 2.05) is 0 Å².